The van der Waals surface area contributed by atoms with E-state index in [1.54, 1.807) is 23.7 Å². The summed E-state index contributed by atoms with van der Waals surface area (Å²) >= 11 is 1.59. The number of pyridine rings is 1. The number of aliphatic hydroxyl groups excluding tert-OH is 1. The maximum absolute atomic E-state index is 9.53. The van der Waals surface area contributed by atoms with Crippen molar-refractivity contribution in [3.05, 3.63) is 58.2 Å². The molecule has 0 radical (unpaired) electrons. The Bertz CT molecular complexity index is 644. The molecule has 1 N–H and O–H groups in total. The first-order valence-electron chi connectivity index (χ1n) is 6.72. The van der Waals surface area contributed by atoms with E-state index >= 15 is 0 Å². The first-order chi connectivity index (χ1) is 9.86. The van der Waals surface area contributed by atoms with Gasteiger partial charge in [0.05, 0.1) is 22.2 Å². The van der Waals surface area contributed by atoms with Crippen molar-refractivity contribution in [1.29, 1.82) is 0 Å². The second-order valence-corrected chi connectivity index (χ2v) is 5.88. The number of nitrogens with zero attached hydrogens (tertiary/aromatic N) is 2. The van der Waals surface area contributed by atoms with E-state index in [-0.39, 0.29) is 6.61 Å². The van der Waals surface area contributed by atoms with Gasteiger partial charge in [0.2, 0.25) is 0 Å². The van der Waals surface area contributed by atoms with Gasteiger partial charge in [-0.2, -0.15) is 0 Å². The van der Waals surface area contributed by atoms with Crippen LogP contribution in [0.4, 0.5) is 0 Å². The normalized spacial score (nSPS) is 14.3. The van der Waals surface area contributed by atoms with Crippen LogP contribution in [-0.4, -0.2) is 15.1 Å². The van der Waals surface area contributed by atoms with Crippen LogP contribution in [0.15, 0.2) is 48.3 Å². The van der Waals surface area contributed by atoms with Crippen LogP contribution in [0.3, 0.4) is 0 Å². The van der Waals surface area contributed by atoms with E-state index in [1.807, 2.05) is 12.1 Å². The SMILES string of the molecule is OCc1sc(CC2=CCCC=C2)nc1-c1ccncc1. The smallest absolute Gasteiger partial charge is 0.0980 e. The van der Waals surface area contributed by atoms with Gasteiger partial charge in [-0.25, -0.2) is 4.98 Å². The zero-order chi connectivity index (χ0) is 13.8. The number of aliphatic hydroxyl groups is 1. The Morgan fingerprint density at radius 3 is 2.75 bits per heavy atom. The summed E-state index contributed by atoms with van der Waals surface area (Å²) in [5, 5.41) is 10.6. The molecule has 102 valence electrons. The second kappa shape index (κ2) is 6.11. The third kappa shape index (κ3) is 2.86. The summed E-state index contributed by atoms with van der Waals surface area (Å²) in [4.78, 5) is 9.65. The largest absolute Gasteiger partial charge is 0.391 e. The van der Waals surface area contributed by atoms with Gasteiger partial charge in [0.1, 0.15) is 0 Å². The summed E-state index contributed by atoms with van der Waals surface area (Å²) in [5.74, 6) is 0. The van der Waals surface area contributed by atoms with Gasteiger partial charge in [0, 0.05) is 24.4 Å². The lowest BCUT2D eigenvalue weighted by Crippen LogP contribution is -1.91. The molecule has 2 aromatic heterocycles. The predicted molar refractivity (Wildman–Crippen MR) is 81.4 cm³/mol. The Hall–Kier alpha value is -1.78. The minimum Gasteiger partial charge on any atom is -0.391 e. The molecule has 3 nitrogen and oxygen atoms in total. The Morgan fingerprint density at radius 2 is 2.05 bits per heavy atom. The van der Waals surface area contributed by atoms with Crippen molar-refractivity contribution in [2.24, 2.45) is 0 Å². The van der Waals surface area contributed by atoms with Gasteiger partial charge in [-0.05, 0) is 30.5 Å². The molecule has 0 saturated carbocycles. The second-order valence-electron chi connectivity index (χ2n) is 4.71. The summed E-state index contributed by atoms with van der Waals surface area (Å²) in [7, 11) is 0. The van der Waals surface area contributed by atoms with Gasteiger partial charge in [0.25, 0.3) is 0 Å². The molecule has 4 heteroatoms. The van der Waals surface area contributed by atoms with E-state index < -0.39 is 0 Å². The third-order valence-electron chi connectivity index (χ3n) is 3.27. The number of hydrogen-bond acceptors (Lipinski definition) is 4. The van der Waals surface area contributed by atoms with Crippen molar-refractivity contribution in [1.82, 2.24) is 9.97 Å². The van der Waals surface area contributed by atoms with Crippen LogP contribution in [0.25, 0.3) is 11.3 Å². The average molecular weight is 284 g/mol. The van der Waals surface area contributed by atoms with Crippen LogP contribution >= 0.6 is 11.3 Å². The van der Waals surface area contributed by atoms with E-state index in [4.69, 9.17) is 4.98 Å². The van der Waals surface area contributed by atoms with Gasteiger partial charge in [0.15, 0.2) is 0 Å². The van der Waals surface area contributed by atoms with Crippen molar-refractivity contribution in [3.8, 4) is 11.3 Å². The molecule has 20 heavy (non-hydrogen) atoms. The number of thiazole rings is 1. The zero-order valence-corrected chi connectivity index (χ0v) is 11.9. The van der Waals surface area contributed by atoms with Crippen molar-refractivity contribution in [2.75, 3.05) is 0 Å². The van der Waals surface area contributed by atoms with Crippen LogP contribution in [0.2, 0.25) is 0 Å². The predicted octanol–water partition coefficient (Wildman–Crippen LogP) is 3.52. The van der Waals surface area contributed by atoms with Gasteiger partial charge in [-0.3, -0.25) is 4.98 Å². The number of rotatable bonds is 4. The molecular weight excluding hydrogens is 268 g/mol. The lowest BCUT2D eigenvalue weighted by atomic mass is 10.0. The molecule has 0 amide bonds. The molecule has 0 spiro atoms. The van der Waals surface area contributed by atoms with E-state index in [0.29, 0.717) is 0 Å². The Labute approximate surface area is 122 Å². The van der Waals surface area contributed by atoms with E-state index in [1.165, 1.54) is 5.57 Å². The summed E-state index contributed by atoms with van der Waals surface area (Å²) in [6.07, 6.45) is 13.2. The molecule has 0 fully saturated rings. The Kier molecular flexibility index (Phi) is 4.04. The average Bonchev–Trinajstić information content (AvgIpc) is 2.92. The highest BCUT2D eigenvalue weighted by molar-refractivity contribution is 7.12. The maximum atomic E-state index is 9.53. The minimum absolute atomic E-state index is 0.0320. The number of hydrogen-bond donors (Lipinski definition) is 1. The molecule has 0 atom stereocenters. The molecule has 3 rings (SSSR count). The van der Waals surface area contributed by atoms with Crippen molar-refractivity contribution in [2.45, 2.75) is 25.9 Å². The topological polar surface area (TPSA) is 46.0 Å². The molecule has 2 heterocycles. The lowest BCUT2D eigenvalue weighted by molar-refractivity contribution is 0.286. The first-order valence-corrected chi connectivity index (χ1v) is 7.54. The fourth-order valence-electron chi connectivity index (χ4n) is 2.29. The summed E-state index contributed by atoms with van der Waals surface area (Å²) in [6.45, 7) is 0.0320. The van der Waals surface area contributed by atoms with E-state index in [9.17, 15) is 5.11 Å². The molecule has 0 aromatic carbocycles. The molecular formula is C16H16N2OS. The van der Waals surface area contributed by atoms with E-state index in [0.717, 1.165) is 40.4 Å². The molecule has 0 saturated heterocycles. The van der Waals surface area contributed by atoms with Crippen molar-refractivity contribution < 1.29 is 5.11 Å². The van der Waals surface area contributed by atoms with Crippen LogP contribution in [0.5, 0.6) is 0 Å². The number of allylic oxidation sites excluding steroid dienone is 4. The Balaban J connectivity index is 1.89. The van der Waals surface area contributed by atoms with Crippen molar-refractivity contribution in [3.63, 3.8) is 0 Å². The number of aromatic nitrogens is 2. The monoisotopic (exact) mass is 284 g/mol. The quantitative estimate of drug-likeness (QED) is 0.934. The summed E-state index contributed by atoms with van der Waals surface area (Å²) in [6, 6.07) is 3.86. The van der Waals surface area contributed by atoms with Gasteiger partial charge >= 0.3 is 0 Å². The zero-order valence-electron chi connectivity index (χ0n) is 11.1. The van der Waals surface area contributed by atoms with Crippen LogP contribution in [-0.2, 0) is 13.0 Å². The third-order valence-corrected chi connectivity index (χ3v) is 4.31. The minimum atomic E-state index is 0.0320. The highest BCUT2D eigenvalue weighted by Gasteiger charge is 2.13. The van der Waals surface area contributed by atoms with Gasteiger partial charge in [-0.1, -0.05) is 18.2 Å². The van der Waals surface area contributed by atoms with Crippen LogP contribution in [0, 0.1) is 0 Å². The van der Waals surface area contributed by atoms with Gasteiger partial charge < -0.3 is 5.11 Å². The molecule has 0 aliphatic heterocycles. The lowest BCUT2D eigenvalue weighted by Gasteiger charge is -2.03. The molecule has 1 aliphatic rings. The fraction of sp³-hybridized carbons (Fsp3) is 0.250. The van der Waals surface area contributed by atoms with Crippen LogP contribution < -0.4 is 0 Å². The Morgan fingerprint density at radius 1 is 1.20 bits per heavy atom. The van der Waals surface area contributed by atoms with E-state index in [2.05, 4.69) is 23.2 Å². The standard InChI is InChI=1S/C16H16N2OS/c19-11-14-16(13-6-8-17-9-7-13)18-15(20-14)10-12-4-2-1-3-5-12/h2,4-9,19H,1,3,10-11H2. The fourth-order valence-corrected chi connectivity index (χ4v) is 3.28. The van der Waals surface area contributed by atoms with Gasteiger partial charge in [-0.15, -0.1) is 11.3 Å². The summed E-state index contributed by atoms with van der Waals surface area (Å²) < 4.78 is 0. The highest BCUT2D eigenvalue weighted by atomic mass is 32.1. The molecule has 1 aliphatic carbocycles. The molecule has 0 bridgehead atoms. The maximum Gasteiger partial charge on any atom is 0.0980 e. The highest BCUT2D eigenvalue weighted by Crippen LogP contribution is 2.29. The first kappa shape index (κ1) is 13.2. The summed E-state index contributed by atoms with van der Waals surface area (Å²) in [5.41, 5.74) is 3.21. The molecule has 0 unspecified atom stereocenters. The van der Waals surface area contributed by atoms with Crippen LogP contribution in [0.1, 0.15) is 22.7 Å². The van der Waals surface area contributed by atoms with Crippen molar-refractivity contribution >= 4 is 11.3 Å². The molecule has 2 aromatic rings.